The van der Waals surface area contributed by atoms with Gasteiger partial charge in [-0.05, 0) is 36.5 Å². The molecule has 0 N–H and O–H groups in total. The molecule has 1 aliphatic carbocycles. The van der Waals surface area contributed by atoms with Crippen LogP contribution in [0.2, 0.25) is 0 Å². The van der Waals surface area contributed by atoms with Crippen molar-refractivity contribution in [1.82, 2.24) is 14.8 Å². The summed E-state index contributed by atoms with van der Waals surface area (Å²) in [6, 6.07) is 5.13. The third-order valence-corrected chi connectivity index (χ3v) is 4.99. The Balaban J connectivity index is 1.47. The topological polar surface area (TPSA) is 19.4 Å². The number of pyridine rings is 1. The molecular weight excluding hydrogens is 246 g/mol. The minimum Gasteiger partial charge on any atom is -0.298 e. The van der Waals surface area contributed by atoms with Crippen LogP contribution in [-0.4, -0.2) is 47.0 Å². The summed E-state index contributed by atoms with van der Waals surface area (Å²) in [6.07, 6.45) is 9.52. The van der Waals surface area contributed by atoms with Crippen molar-refractivity contribution in [3.63, 3.8) is 0 Å². The van der Waals surface area contributed by atoms with Crippen molar-refractivity contribution in [2.75, 3.05) is 26.2 Å². The average molecular weight is 273 g/mol. The largest absolute Gasteiger partial charge is 0.298 e. The van der Waals surface area contributed by atoms with Crippen LogP contribution in [0.5, 0.6) is 0 Å². The van der Waals surface area contributed by atoms with Crippen molar-refractivity contribution in [2.24, 2.45) is 5.92 Å². The molecule has 20 heavy (non-hydrogen) atoms. The summed E-state index contributed by atoms with van der Waals surface area (Å²) in [5.41, 5.74) is 1.39. The molecule has 0 radical (unpaired) electrons. The molecule has 1 saturated carbocycles. The highest BCUT2D eigenvalue weighted by atomic mass is 15.3. The van der Waals surface area contributed by atoms with Gasteiger partial charge in [0.25, 0.3) is 0 Å². The highest BCUT2D eigenvalue weighted by molar-refractivity contribution is 5.09. The van der Waals surface area contributed by atoms with Gasteiger partial charge in [0.15, 0.2) is 0 Å². The Morgan fingerprint density at radius 1 is 1.10 bits per heavy atom. The Kier molecular flexibility index (Phi) is 4.69. The van der Waals surface area contributed by atoms with Gasteiger partial charge in [0.1, 0.15) is 0 Å². The molecule has 2 aliphatic rings. The van der Waals surface area contributed by atoms with Crippen LogP contribution >= 0.6 is 0 Å². The fourth-order valence-electron chi connectivity index (χ4n) is 3.77. The maximum absolute atomic E-state index is 4.09. The maximum atomic E-state index is 4.09. The molecule has 2 atom stereocenters. The van der Waals surface area contributed by atoms with Gasteiger partial charge in [0.2, 0.25) is 0 Å². The Hall–Kier alpha value is -0.930. The van der Waals surface area contributed by atoms with Crippen molar-refractivity contribution in [3.05, 3.63) is 30.1 Å². The highest BCUT2D eigenvalue weighted by Gasteiger charge is 2.27. The summed E-state index contributed by atoms with van der Waals surface area (Å²) in [5, 5.41) is 0. The second kappa shape index (κ2) is 6.68. The second-order valence-corrected chi connectivity index (χ2v) is 6.59. The zero-order valence-corrected chi connectivity index (χ0v) is 12.7. The molecule has 1 saturated heterocycles. The van der Waals surface area contributed by atoms with Crippen molar-refractivity contribution < 1.29 is 0 Å². The molecule has 2 heterocycles. The monoisotopic (exact) mass is 273 g/mol. The van der Waals surface area contributed by atoms with Crippen molar-refractivity contribution in [3.8, 4) is 0 Å². The highest BCUT2D eigenvalue weighted by Crippen LogP contribution is 2.28. The molecule has 1 aromatic rings. The number of hydrogen-bond acceptors (Lipinski definition) is 3. The van der Waals surface area contributed by atoms with Crippen molar-refractivity contribution >= 4 is 0 Å². The molecule has 2 fully saturated rings. The summed E-state index contributed by atoms with van der Waals surface area (Å²) in [4.78, 5) is 9.42. The van der Waals surface area contributed by atoms with Gasteiger partial charge in [-0.15, -0.1) is 0 Å². The van der Waals surface area contributed by atoms with Gasteiger partial charge in [-0.25, -0.2) is 0 Å². The van der Waals surface area contributed by atoms with E-state index in [1.165, 1.54) is 57.4 Å². The van der Waals surface area contributed by atoms with Gasteiger partial charge in [-0.3, -0.25) is 14.8 Å². The SMILES string of the molecule is C[C@@H]1CCC[C@@H](N2CCN(Cc3ccncc3)CC2)C1. The first-order valence-electron chi connectivity index (χ1n) is 8.16. The van der Waals surface area contributed by atoms with E-state index in [0.29, 0.717) is 0 Å². The first kappa shape index (κ1) is 14.0. The Labute approximate surface area is 123 Å². The van der Waals surface area contributed by atoms with Crippen LogP contribution in [0, 0.1) is 5.92 Å². The van der Waals surface area contributed by atoms with E-state index in [1.807, 2.05) is 12.4 Å². The predicted molar refractivity (Wildman–Crippen MR) is 82.5 cm³/mol. The Morgan fingerprint density at radius 2 is 1.85 bits per heavy atom. The number of hydrogen-bond donors (Lipinski definition) is 0. The van der Waals surface area contributed by atoms with Crippen LogP contribution < -0.4 is 0 Å². The molecule has 0 bridgehead atoms. The summed E-state index contributed by atoms with van der Waals surface area (Å²) >= 11 is 0. The van der Waals surface area contributed by atoms with E-state index in [4.69, 9.17) is 0 Å². The number of rotatable bonds is 3. The first-order valence-corrected chi connectivity index (χ1v) is 8.16. The minimum absolute atomic E-state index is 0.863. The molecule has 3 nitrogen and oxygen atoms in total. The van der Waals surface area contributed by atoms with E-state index in [1.54, 1.807) is 0 Å². The zero-order chi connectivity index (χ0) is 13.8. The van der Waals surface area contributed by atoms with Crippen LogP contribution in [0.3, 0.4) is 0 Å². The van der Waals surface area contributed by atoms with E-state index >= 15 is 0 Å². The quantitative estimate of drug-likeness (QED) is 0.844. The summed E-state index contributed by atoms with van der Waals surface area (Å²) in [5.74, 6) is 0.934. The lowest BCUT2D eigenvalue weighted by atomic mass is 9.86. The van der Waals surface area contributed by atoms with E-state index < -0.39 is 0 Å². The molecule has 0 unspecified atom stereocenters. The van der Waals surface area contributed by atoms with Gasteiger partial charge in [-0.1, -0.05) is 19.8 Å². The predicted octanol–water partition coefficient (Wildman–Crippen LogP) is 2.78. The van der Waals surface area contributed by atoms with E-state index in [0.717, 1.165) is 18.5 Å². The summed E-state index contributed by atoms with van der Waals surface area (Å²) < 4.78 is 0. The minimum atomic E-state index is 0.863. The van der Waals surface area contributed by atoms with E-state index in [9.17, 15) is 0 Å². The van der Waals surface area contributed by atoms with Gasteiger partial charge in [0.05, 0.1) is 0 Å². The third kappa shape index (κ3) is 3.58. The lowest BCUT2D eigenvalue weighted by Gasteiger charge is -2.42. The molecule has 3 rings (SSSR count). The lowest BCUT2D eigenvalue weighted by molar-refractivity contribution is 0.0659. The molecule has 3 heteroatoms. The van der Waals surface area contributed by atoms with Crippen molar-refractivity contribution in [2.45, 2.75) is 45.2 Å². The standard InChI is InChI=1S/C17H27N3/c1-15-3-2-4-17(13-15)20-11-9-19(10-12-20)14-16-5-7-18-8-6-16/h5-8,15,17H,2-4,9-14H2,1H3/t15-,17-/m1/s1. The fourth-order valence-corrected chi connectivity index (χ4v) is 3.77. The molecule has 1 aromatic heterocycles. The Bertz CT molecular complexity index is 398. The van der Waals surface area contributed by atoms with Gasteiger partial charge >= 0.3 is 0 Å². The lowest BCUT2D eigenvalue weighted by Crippen LogP contribution is -2.50. The fraction of sp³-hybridized carbons (Fsp3) is 0.706. The second-order valence-electron chi connectivity index (χ2n) is 6.59. The number of aromatic nitrogens is 1. The van der Waals surface area contributed by atoms with Crippen LogP contribution in [0.25, 0.3) is 0 Å². The van der Waals surface area contributed by atoms with Gasteiger partial charge < -0.3 is 0 Å². The van der Waals surface area contributed by atoms with Crippen LogP contribution in [0.15, 0.2) is 24.5 Å². The summed E-state index contributed by atoms with van der Waals surface area (Å²) in [6.45, 7) is 8.44. The van der Waals surface area contributed by atoms with Gasteiger partial charge in [-0.2, -0.15) is 0 Å². The van der Waals surface area contributed by atoms with Crippen LogP contribution in [-0.2, 0) is 6.54 Å². The Morgan fingerprint density at radius 3 is 2.55 bits per heavy atom. The van der Waals surface area contributed by atoms with E-state index in [2.05, 4.69) is 33.8 Å². The molecular formula is C17H27N3. The molecule has 0 aromatic carbocycles. The molecule has 0 amide bonds. The smallest absolute Gasteiger partial charge is 0.0271 e. The zero-order valence-electron chi connectivity index (χ0n) is 12.7. The summed E-state index contributed by atoms with van der Waals surface area (Å²) in [7, 11) is 0. The normalized spacial score (nSPS) is 29.4. The first-order chi connectivity index (χ1) is 9.81. The average Bonchev–Trinajstić information content (AvgIpc) is 2.49. The third-order valence-electron chi connectivity index (χ3n) is 4.99. The number of piperazine rings is 1. The van der Waals surface area contributed by atoms with Crippen LogP contribution in [0.1, 0.15) is 38.2 Å². The van der Waals surface area contributed by atoms with Crippen molar-refractivity contribution in [1.29, 1.82) is 0 Å². The number of nitrogens with zero attached hydrogens (tertiary/aromatic N) is 3. The molecule has 0 spiro atoms. The molecule has 110 valence electrons. The van der Waals surface area contributed by atoms with Gasteiger partial charge in [0, 0.05) is 51.2 Å². The van der Waals surface area contributed by atoms with Crippen LogP contribution in [0.4, 0.5) is 0 Å². The maximum Gasteiger partial charge on any atom is 0.0271 e. The molecule has 1 aliphatic heterocycles. The van der Waals surface area contributed by atoms with E-state index in [-0.39, 0.29) is 0 Å².